The molecule has 6 nitrogen and oxygen atoms in total. The Morgan fingerprint density at radius 2 is 1.67 bits per heavy atom. The lowest BCUT2D eigenvalue weighted by Crippen LogP contribution is -2.38. The predicted octanol–water partition coefficient (Wildman–Crippen LogP) is 2.46. The van der Waals surface area contributed by atoms with E-state index in [2.05, 4.69) is 20.5 Å². The highest BCUT2D eigenvalue weighted by atomic mass is 32.2. The van der Waals surface area contributed by atoms with Crippen LogP contribution in [0.3, 0.4) is 0 Å². The van der Waals surface area contributed by atoms with Crippen molar-refractivity contribution in [3.05, 3.63) is 65.5 Å². The fourth-order valence-electron chi connectivity index (χ4n) is 2.88. The normalized spacial score (nSPS) is 12.2. The van der Waals surface area contributed by atoms with E-state index in [1.54, 1.807) is 24.3 Å². The van der Waals surface area contributed by atoms with E-state index in [1.807, 2.05) is 26.1 Å². The molecule has 2 aromatic carbocycles. The lowest BCUT2D eigenvalue weighted by Gasteiger charge is -2.16. The number of hydrogen-bond donors (Lipinski definition) is 2. The molecule has 0 heterocycles. The number of nitrogens with one attached hydrogen (secondary N) is 2. The second-order valence-corrected chi connectivity index (χ2v) is 9.23. The maximum absolute atomic E-state index is 13.0. The Kier molecular flexibility index (Phi) is 9.26. The topological polar surface area (TPSA) is 73.8 Å². The van der Waals surface area contributed by atoms with Gasteiger partial charge in [0.1, 0.15) is 5.82 Å². The lowest BCUT2D eigenvalue weighted by atomic mass is 10.1. The summed E-state index contributed by atoms with van der Waals surface area (Å²) in [5.74, 6) is 0.527. The predicted molar refractivity (Wildman–Crippen MR) is 120 cm³/mol. The summed E-state index contributed by atoms with van der Waals surface area (Å²) < 4.78 is 36.1. The van der Waals surface area contributed by atoms with Crippen LogP contribution in [0.4, 0.5) is 4.39 Å². The van der Waals surface area contributed by atoms with E-state index in [0.717, 1.165) is 43.1 Å². The number of aliphatic imine (C=N–C) groups is 1. The molecule has 2 aromatic rings. The van der Waals surface area contributed by atoms with Gasteiger partial charge >= 0.3 is 0 Å². The van der Waals surface area contributed by atoms with Crippen molar-refractivity contribution < 1.29 is 12.8 Å². The van der Waals surface area contributed by atoms with Gasteiger partial charge in [-0.2, -0.15) is 0 Å². The fraction of sp³-hybridized carbons (Fsp3) is 0.409. The molecule has 0 unspecified atom stereocenters. The van der Waals surface area contributed by atoms with Gasteiger partial charge in [0.05, 0.1) is 11.4 Å². The van der Waals surface area contributed by atoms with Crippen LogP contribution >= 0.6 is 0 Å². The Hall–Kier alpha value is -2.45. The molecule has 2 rings (SSSR count). The summed E-state index contributed by atoms with van der Waals surface area (Å²) in [5, 5.41) is 6.53. The van der Waals surface area contributed by atoms with Gasteiger partial charge in [-0.15, -0.1) is 0 Å². The standard InChI is InChI=1S/C22H31FN4O2S/c1-4-24-22(25-14-13-18-7-11-21(12-8-18)30(3,28)29)26-15-16-27(2)17-19-5-9-20(23)10-6-19/h5-12H,4,13-17H2,1-3H3,(H2,24,25,26). The largest absolute Gasteiger partial charge is 0.357 e. The zero-order chi connectivity index (χ0) is 22.0. The third kappa shape index (κ3) is 8.51. The maximum atomic E-state index is 13.0. The quantitative estimate of drug-likeness (QED) is 0.444. The molecule has 0 aromatic heterocycles. The minimum Gasteiger partial charge on any atom is -0.357 e. The number of benzene rings is 2. The first-order valence-corrected chi connectivity index (χ1v) is 11.9. The van der Waals surface area contributed by atoms with Crippen molar-refractivity contribution in [2.75, 3.05) is 39.5 Å². The number of sulfone groups is 1. The molecule has 164 valence electrons. The van der Waals surface area contributed by atoms with Gasteiger partial charge in [0.15, 0.2) is 15.8 Å². The molecule has 0 amide bonds. The number of guanidine groups is 1. The Bertz CT molecular complexity index is 913. The summed E-state index contributed by atoms with van der Waals surface area (Å²) in [6.07, 6.45) is 1.97. The molecule has 0 fully saturated rings. The highest BCUT2D eigenvalue weighted by molar-refractivity contribution is 7.90. The molecule has 0 radical (unpaired) electrons. The van der Waals surface area contributed by atoms with Crippen molar-refractivity contribution in [3.8, 4) is 0 Å². The molecule has 0 spiro atoms. The maximum Gasteiger partial charge on any atom is 0.191 e. The van der Waals surface area contributed by atoms with Gasteiger partial charge in [0.2, 0.25) is 0 Å². The van der Waals surface area contributed by atoms with Crippen molar-refractivity contribution in [1.82, 2.24) is 15.5 Å². The first-order chi connectivity index (χ1) is 14.3. The zero-order valence-corrected chi connectivity index (χ0v) is 18.7. The summed E-state index contributed by atoms with van der Waals surface area (Å²) in [7, 11) is -1.15. The average Bonchev–Trinajstić information content (AvgIpc) is 2.69. The minimum absolute atomic E-state index is 0.223. The lowest BCUT2D eigenvalue weighted by molar-refractivity contribution is 0.336. The number of rotatable bonds is 10. The first-order valence-electron chi connectivity index (χ1n) is 10.0. The average molecular weight is 435 g/mol. The summed E-state index contributed by atoms with van der Waals surface area (Å²) in [6, 6.07) is 13.5. The highest BCUT2D eigenvalue weighted by Crippen LogP contribution is 2.10. The van der Waals surface area contributed by atoms with Gasteiger partial charge in [-0.1, -0.05) is 24.3 Å². The third-order valence-corrected chi connectivity index (χ3v) is 5.65. The summed E-state index contributed by atoms with van der Waals surface area (Å²) >= 11 is 0. The Morgan fingerprint density at radius 1 is 1.03 bits per heavy atom. The summed E-state index contributed by atoms with van der Waals surface area (Å²) in [6.45, 7) is 5.62. The van der Waals surface area contributed by atoms with E-state index in [1.165, 1.54) is 18.4 Å². The summed E-state index contributed by atoms with van der Waals surface area (Å²) in [5.41, 5.74) is 2.12. The summed E-state index contributed by atoms with van der Waals surface area (Å²) in [4.78, 5) is 7.08. The van der Waals surface area contributed by atoms with E-state index < -0.39 is 9.84 Å². The molecular weight excluding hydrogens is 403 g/mol. The minimum atomic E-state index is -3.17. The van der Waals surface area contributed by atoms with Gasteiger partial charge in [0.25, 0.3) is 0 Å². The van der Waals surface area contributed by atoms with E-state index in [-0.39, 0.29) is 5.82 Å². The van der Waals surface area contributed by atoms with Gasteiger partial charge in [-0.25, -0.2) is 12.8 Å². The Labute approximate surface area is 179 Å². The molecule has 30 heavy (non-hydrogen) atoms. The molecule has 0 atom stereocenters. The van der Waals surface area contributed by atoms with E-state index in [9.17, 15) is 12.8 Å². The molecular formula is C22H31FN4O2S. The SMILES string of the molecule is CCNC(=NCCN(C)Cc1ccc(F)cc1)NCCc1ccc(S(C)(=O)=O)cc1. The number of nitrogens with zero attached hydrogens (tertiary/aromatic N) is 2. The van der Waals surface area contributed by atoms with Gasteiger partial charge in [-0.3, -0.25) is 4.99 Å². The first kappa shape index (κ1) is 23.8. The van der Waals surface area contributed by atoms with Gasteiger partial charge in [0, 0.05) is 32.4 Å². The van der Waals surface area contributed by atoms with Crippen LogP contribution in [-0.4, -0.2) is 58.8 Å². The smallest absolute Gasteiger partial charge is 0.191 e. The van der Waals surface area contributed by atoms with Crippen LogP contribution in [0.2, 0.25) is 0 Å². The second-order valence-electron chi connectivity index (χ2n) is 7.22. The highest BCUT2D eigenvalue weighted by Gasteiger charge is 2.06. The molecule has 0 aliphatic rings. The molecule has 0 aliphatic carbocycles. The Balaban J connectivity index is 1.78. The number of halogens is 1. The van der Waals surface area contributed by atoms with Crippen molar-refractivity contribution in [2.45, 2.75) is 24.8 Å². The fourth-order valence-corrected chi connectivity index (χ4v) is 3.51. The van der Waals surface area contributed by atoms with Crippen LogP contribution in [0.5, 0.6) is 0 Å². The molecule has 8 heteroatoms. The number of hydrogen-bond acceptors (Lipinski definition) is 4. The second kappa shape index (κ2) is 11.7. The van der Waals surface area contributed by atoms with Crippen LogP contribution in [0.25, 0.3) is 0 Å². The number of likely N-dealkylation sites (N-methyl/N-ethyl adjacent to an activating group) is 1. The van der Waals surface area contributed by atoms with Crippen LogP contribution in [-0.2, 0) is 22.8 Å². The Morgan fingerprint density at radius 3 is 2.27 bits per heavy atom. The van der Waals surface area contributed by atoms with Crippen LogP contribution in [0, 0.1) is 5.82 Å². The third-order valence-electron chi connectivity index (χ3n) is 4.52. The van der Waals surface area contributed by atoms with Gasteiger partial charge < -0.3 is 15.5 Å². The van der Waals surface area contributed by atoms with Crippen LogP contribution < -0.4 is 10.6 Å². The van der Waals surface area contributed by atoms with Crippen molar-refractivity contribution in [3.63, 3.8) is 0 Å². The van der Waals surface area contributed by atoms with Crippen LogP contribution in [0.1, 0.15) is 18.1 Å². The molecule has 0 saturated carbocycles. The molecule has 0 aliphatic heterocycles. The van der Waals surface area contributed by atoms with E-state index >= 15 is 0 Å². The van der Waals surface area contributed by atoms with Crippen LogP contribution in [0.15, 0.2) is 58.4 Å². The van der Waals surface area contributed by atoms with Crippen molar-refractivity contribution in [2.24, 2.45) is 4.99 Å². The molecule has 0 saturated heterocycles. The monoisotopic (exact) mass is 434 g/mol. The zero-order valence-electron chi connectivity index (χ0n) is 17.9. The molecule has 2 N–H and O–H groups in total. The van der Waals surface area contributed by atoms with Crippen molar-refractivity contribution in [1.29, 1.82) is 0 Å². The van der Waals surface area contributed by atoms with E-state index in [4.69, 9.17) is 0 Å². The van der Waals surface area contributed by atoms with E-state index in [0.29, 0.717) is 18.0 Å². The van der Waals surface area contributed by atoms with Gasteiger partial charge in [-0.05, 0) is 55.8 Å². The van der Waals surface area contributed by atoms with Crippen molar-refractivity contribution >= 4 is 15.8 Å². The molecule has 0 bridgehead atoms.